The summed E-state index contributed by atoms with van der Waals surface area (Å²) in [6.07, 6.45) is 0.197. The van der Waals surface area contributed by atoms with Gasteiger partial charge in [-0.1, -0.05) is 26.0 Å². The number of nitriles is 1. The van der Waals surface area contributed by atoms with E-state index < -0.39 is 29.7 Å². The number of fused-ring (bicyclic) bond motifs is 1. The molecule has 160 valence electrons. The van der Waals surface area contributed by atoms with Gasteiger partial charge in [-0.05, 0) is 31.4 Å². The van der Waals surface area contributed by atoms with Crippen LogP contribution in [0.25, 0.3) is 0 Å². The molecule has 1 aliphatic rings. The zero-order valence-corrected chi connectivity index (χ0v) is 17.5. The average Bonchev–Trinajstić information content (AvgIpc) is 3.18. The largest absolute Gasteiger partial charge is 0.465 e. The number of imide groups is 1. The van der Waals surface area contributed by atoms with Crippen LogP contribution in [-0.4, -0.2) is 41.7 Å². The number of carbonyl (C=O) groups is 4. The van der Waals surface area contributed by atoms with E-state index in [4.69, 9.17) is 4.42 Å². The lowest BCUT2D eigenvalue weighted by Gasteiger charge is -2.26. The van der Waals surface area contributed by atoms with Crippen LogP contribution in [0, 0.1) is 24.2 Å². The van der Waals surface area contributed by atoms with E-state index in [2.05, 4.69) is 10.1 Å². The molecule has 3 amide bonds. The van der Waals surface area contributed by atoms with E-state index in [9.17, 15) is 24.4 Å². The second-order valence-corrected chi connectivity index (χ2v) is 7.50. The Kier molecular flexibility index (Phi) is 5.92. The van der Waals surface area contributed by atoms with Crippen molar-refractivity contribution < 1.29 is 28.3 Å². The number of esters is 1. The second kappa shape index (κ2) is 8.44. The van der Waals surface area contributed by atoms with Gasteiger partial charge in [0, 0.05) is 0 Å². The normalized spacial score (nSPS) is 13.7. The number of amides is 3. The fourth-order valence-electron chi connectivity index (χ4n) is 3.55. The number of carbonyl (C=O) groups excluding carboxylic acids is 4. The summed E-state index contributed by atoms with van der Waals surface area (Å²) >= 11 is 0. The highest BCUT2D eigenvalue weighted by molar-refractivity contribution is 6.23. The molecule has 0 spiro atoms. The summed E-state index contributed by atoms with van der Waals surface area (Å²) in [5.74, 6) is -2.78. The Morgan fingerprint density at radius 3 is 2.26 bits per heavy atom. The Balaban J connectivity index is 1.96. The highest BCUT2D eigenvalue weighted by Gasteiger charge is 2.43. The molecule has 2 heterocycles. The van der Waals surface area contributed by atoms with Crippen molar-refractivity contribution in [1.82, 2.24) is 4.90 Å². The molecule has 9 heteroatoms. The first kappa shape index (κ1) is 21.8. The summed E-state index contributed by atoms with van der Waals surface area (Å²) in [5, 5.41) is 12.0. The fourth-order valence-corrected chi connectivity index (χ4v) is 3.55. The van der Waals surface area contributed by atoms with Crippen LogP contribution in [0.3, 0.4) is 0 Å². The van der Waals surface area contributed by atoms with E-state index in [1.807, 2.05) is 19.9 Å². The number of anilines is 1. The predicted octanol–water partition coefficient (Wildman–Crippen LogP) is 2.90. The van der Waals surface area contributed by atoms with Crippen LogP contribution in [0.2, 0.25) is 0 Å². The lowest BCUT2D eigenvalue weighted by molar-refractivity contribution is -0.120. The van der Waals surface area contributed by atoms with Gasteiger partial charge in [0.05, 0.1) is 18.2 Å². The van der Waals surface area contributed by atoms with Crippen LogP contribution in [-0.2, 0) is 9.53 Å². The summed E-state index contributed by atoms with van der Waals surface area (Å²) in [4.78, 5) is 51.8. The van der Waals surface area contributed by atoms with Crippen molar-refractivity contribution in [2.75, 3.05) is 12.4 Å². The number of nitrogens with zero attached hydrogens (tertiary/aromatic N) is 2. The molecular formula is C22H21N3O6. The number of benzene rings is 1. The summed E-state index contributed by atoms with van der Waals surface area (Å²) in [6, 6.07) is 7.05. The van der Waals surface area contributed by atoms with Crippen LogP contribution in [0.4, 0.5) is 5.88 Å². The number of nitrogens with one attached hydrogen (secondary N) is 1. The van der Waals surface area contributed by atoms with Crippen molar-refractivity contribution in [3.8, 4) is 6.07 Å². The third-order valence-corrected chi connectivity index (χ3v) is 4.96. The topological polar surface area (TPSA) is 130 Å². The van der Waals surface area contributed by atoms with Gasteiger partial charge in [-0.15, -0.1) is 0 Å². The number of hydrogen-bond donors (Lipinski definition) is 1. The summed E-state index contributed by atoms with van der Waals surface area (Å²) in [5.41, 5.74) is 0.173. The van der Waals surface area contributed by atoms with Gasteiger partial charge in [0.1, 0.15) is 29.0 Å². The van der Waals surface area contributed by atoms with Crippen LogP contribution in [0.1, 0.15) is 62.7 Å². The van der Waals surface area contributed by atoms with Gasteiger partial charge in [-0.2, -0.15) is 5.26 Å². The number of ether oxygens (including phenoxy) is 1. The molecule has 0 aliphatic carbocycles. The van der Waals surface area contributed by atoms with Gasteiger partial charge in [-0.25, -0.2) is 4.79 Å². The molecule has 0 bridgehead atoms. The number of methoxy groups -OCH3 is 1. The molecule has 1 aromatic carbocycles. The second-order valence-electron chi connectivity index (χ2n) is 7.50. The molecule has 9 nitrogen and oxygen atoms in total. The number of furan rings is 1. The Bertz CT molecular complexity index is 1090. The van der Waals surface area contributed by atoms with E-state index in [-0.39, 0.29) is 46.2 Å². The Morgan fingerprint density at radius 1 is 1.19 bits per heavy atom. The zero-order valence-electron chi connectivity index (χ0n) is 17.5. The minimum atomic E-state index is -1.13. The van der Waals surface area contributed by atoms with E-state index in [1.54, 1.807) is 12.1 Å². The van der Waals surface area contributed by atoms with Crippen molar-refractivity contribution in [3.63, 3.8) is 0 Å². The van der Waals surface area contributed by atoms with Crippen LogP contribution < -0.4 is 5.32 Å². The van der Waals surface area contributed by atoms with Crippen molar-refractivity contribution in [2.24, 2.45) is 5.92 Å². The van der Waals surface area contributed by atoms with E-state index in [0.29, 0.717) is 0 Å². The van der Waals surface area contributed by atoms with Crippen molar-refractivity contribution in [1.29, 1.82) is 5.26 Å². The first-order valence-corrected chi connectivity index (χ1v) is 9.60. The van der Waals surface area contributed by atoms with Gasteiger partial charge in [0.15, 0.2) is 0 Å². The maximum atomic E-state index is 13.2. The summed E-state index contributed by atoms with van der Waals surface area (Å²) < 4.78 is 10.1. The molecule has 0 saturated carbocycles. The van der Waals surface area contributed by atoms with Crippen LogP contribution in [0.5, 0.6) is 0 Å². The molecule has 1 N–H and O–H groups in total. The predicted molar refractivity (Wildman–Crippen MR) is 108 cm³/mol. The minimum Gasteiger partial charge on any atom is -0.465 e. The first-order valence-electron chi connectivity index (χ1n) is 9.60. The molecule has 1 aliphatic heterocycles. The lowest BCUT2D eigenvalue weighted by atomic mass is 10.0. The van der Waals surface area contributed by atoms with E-state index in [1.165, 1.54) is 19.1 Å². The standard InChI is InChI=1S/C22H21N3O6/c1-11(2)9-16(25-20(27)13-7-5-6-8-14(13)21(25)28)18(26)24-19-15(10-23)17(12(3)31-19)22(29)30-4/h5-8,11,16H,9H2,1-4H3,(H,24,26). The molecule has 31 heavy (non-hydrogen) atoms. The highest BCUT2D eigenvalue weighted by atomic mass is 16.5. The van der Waals surface area contributed by atoms with Gasteiger partial charge in [-0.3, -0.25) is 24.6 Å². The van der Waals surface area contributed by atoms with Gasteiger partial charge in [0.25, 0.3) is 11.8 Å². The van der Waals surface area contributed by atoms with Gasteiger partial charge < -0.3 is 9.15 Å². The third-order valence-electron chi connectivity index (χ3n) is 4.96. The van der Waals surface area contributed by atoms with Crippen LogP contribution in [0.15, 0.2) is 28.7 Å². The minimum absolute atomic E-state index is 0.0283. The first-order chi connectivity index (χ1) is 14.7. The van der Waals surface area contributed by atoms with Crippen molar-refractivity contribution >= 4 is 29.6 Å². The maximum Gasteiger partial charge on any atom is 0.342 e. The van der Waals surface area contributed by atoms with E-state index in [0.717, 1.165) is 12.0 Å². The molecule has 1 unspecified atom stereocenters. The molecule has 0 fully saturated rings. The Hall–Kier alpha value is -3.93. The zero-order chi connectivity index (χ0) is 22.9. The Morgan fingerprint density at radius 2 is 1.77 bits per heavy atom. The van der Waals surface area contributed by atoms with E-state index >= 15 is 0 Å². The molecule has 2 aromatic rings. The monoisotopic (exact) mass is 423 g/mol. The quantitative estimate of drug-likeness (QED) is 0.558. The molecular weight excluding hydrogens is 402 g/mol. The Labute approximate surface area is 178 Å². The lowest BCUT2D eigenvalue weighted by Crippen LogP contribution is -2.48. The van der Waals surface area contributed by atoms with Gasteiger partial charge >= 0.3 is 5.97 Å². The van der Waals surface area contributed by atoms with Crippen molar-refractivity contribution in [3.05, 3.63) is 52.3 Å². The molecule has 0 saturated heterocycles. The molecule has 3 rings (SSSR count). The molecule has 0 radical (unpaired) electrons. The average molecular weight is 423 g/mol. The number of rotatable bonds is 6. The number of hydrogen-bond acceptors (Lipinski definition) is 7. The van der Waals surface area contributed by atoms with Crippen LogP contribution >= 0.6 is 0 Å². The summed E-state index contributed by atoms with van der Waals surface area (Å²) in [7, 11) is 1.16. The highest BCUT2D eigenvalue weighted by Crippen LogP contribution is 2.30. The van der Waals surface area contributed by atoms with Gasteiger partial charge in [0.2, 0.25) is 11.8 Å². The van der Waals surface area contributed by atoms with Crippen molar-refractivity contribution in [2.45, 2.75) is 33.2 Å². The summed E-state index contributed by atoms with van der Waals surface area (Å²) in [6.45, 7) is 5.16. The molecule has 1 aromatic heterocycles. The third kappa shape index (κ3) is 3.80. The fraction of sp³-hybridized carbons (Fsp3) is 0.318. The molecule has 1 atom stereocenters. The number of aryl methyl sites for hydroxylation is 1. The smallest absolute Gasteiger partial charge is 0.342 e. The maximum absolute atomic E-state index is 13.2. The SMILES string of the molecule is COC(=O)c1c(C)oc(NC(=O)C(CC(C)C)N2C(=O)c3ccccc3C2=O)c1C#N.